The molecule has 0 radical (unpaired) electrons. The van der Waals surface area contributed by atoms with Crippen molar-refractivity contribution in [2.45, 2.75) is 70.9 Å². The van der Waals surface area contributed by atoms with Crippen LogP contribution in [-0.4, -0.2) is 27.6 Å². The van der Waals surface area contributed by atoms with Crippen LogP contribution in [0.2, 0.25) is 0 Å². The second kappa shape index (κ2) is 11.0. The molecule has 2 heterocycles. The fourth-order valence-electron chi connectivity index (χ4n) is 4.92. The molecule has 0 aliphatic heterocycles. The third-order valence-corrected chi connectivity index (χ3v) is 7.49. The highest BCUT2D eigenvalue weighted by Gasteiger charge is 2.36. The van der Waals surface area contributed by atoms with Crippen LogP contribution in [-0.2, 0) is 29.5 Å². The zero-order valence-electron chi connectivity index (χ0n) is 20.3. The predicted octanol–water partition coefficient (Wildman–Crippen LogP) is 5.12. The van der Waals surface area contributed by atoms with Gasteiger partial charge in [-0.25, -0.2) is 0 Å². The quantitative estimate of drug-likeness (QED) is 0.489. The largest absolute Gasteiger partial charge is 0.351 e. The Labute approximate surface area is 206 Å². The van der Waals surface area contributed by atoms with E-state index in [2.05, 4.69) is 17.3 Å². The van der Waals surface area contributed by atoms with Crippen LogP contribution in [0, 0.1) is 6.92 Å². The summed E-state index contributed by atoms with van der Waals surface area (Å²) in [5.74, 6) is -0.219. The SMILES string of the molecule is CCc1ccccc1N(C(=O)Cc1cccs1)C(C(=O)NC1CCCCC1)c1cn(C)nc1C. The zero-order chi connectivity index (χ0) is 24.1. The van der Waals surface area contributed by atoms with Crippen molar-refractivity contribution in [2.75, 3.05) is 4.90 Å². The summed E-state index contributed by atoms with van der Waals surface area (Å²) in [4.78, 5) is 30.6. The van der Waals surface area contributed by atoms with Gasteiger partial charge in [0, 0.05) is 35.4 Å². The molecule has 0 bridgehead atoms. The molecule has 1 saturated carbocycles. The van der Waals surface area contributed by atoms with Gasteiger partial charge in [0.05, 0.1) is 12.1 Å². The number of benzene rings is 1. The zero-order valence-corrected chi connectivity index (χ0v) is 21.1. The summed E-state index contributed by atoms with van der Waals surface area (Å²) < 4.78 is 1.72. The minimum Gasteiger partial charge on any atom is -0.351 e. The average Bonchev–Trinajstić information content (AvgIpc) is 3.46. The van der Waals surface area contributed by atoms with Crippen molar-refractivity contribution < 1.29 is 9.59 Å². The van der Waals surface area contributed by atoms with E-state index in [1.165, 1.54) is 6.42 Å². The number of carbonyl (C=O) groups is 2. The highest BCUT2D eigenvalue weighted by atomic mass is 32.1. The maximum Gasteiger partial charge on any atom is 0.248 e. The molecule has 1 unspecified atom stereocenters. The van der Waals surface area contributed by atoms with Gasteiger partial charge < -0.3 is 5.32 Å². The van der Waals surface area contributed by atoms with E-state index in [0.717, 1.165) is 59.5 Å². The second-order valence-electron chi connectivity index (χ2n) is 9.09. The normalized spacial score (nSPS) is 15.1. The summed E-state index contributed by atoms with van der Waals surface area (Å²) in [6, 6.07) is 11.2. The topological polar surface area (TPSA) is 67.2 Å². The third-order valence-electron chi connectivity index (χ3n) is 6.61. The number of amides is 2. The van der Waals surface area contributed by atoms with Crippen LogP contribution in [0.25, 0.3) is 0 Å². The molecule has 2 amide bonds. The van der Waals surface area contributed by atoms with E-state index in [0.29, 0.717) is 0 Å². The van der Waals surface area contributed by atoms with Crippen LogP contribution >= 0.6 is 11.3 Å². The summed E-state index contributed by atoms with van der Waals surface area (Å²) in [6.45, 7) is 3.98. The predicted molar refractivity (Wildman–Crippen MR) is 137 cm³/mol. The number of thiophene rings is 1. The molecule has 1 aromatic carbocycles. The first-order chi connectivity index (χ1) is 16.5. The van der Waals surface area contributed by atoms with Crippen molar-refractivity contribution in [3.05, 3.63) is 69.7 Å². The number of rotatable bonds is 8. The fraction of sp³-hybridized carbons (Fsp3) is 0.444. The molecule has 1 N–H and O–H groups in total. The van der Waals surface area contributed by atoms with Crippen molar-refractivity contribution in [3.63, 3.8) is 0 Å². The number of aromatic nitrogens is 2. The molecule has 1 aliphatic carbocycles. The first kappa shape index (κ1) is 24.2. The second-order valence-corrected chi connectivity index (χ2v) is 10.1. The Hall–Kier alpha value is -2.93. The number of anilines is 1. The number of para-hydroxylation sites is 1. The summed E-state index contributed by atoms with van der Waals surface area (Å²) in [5.41, 5.74) is 3.35. The first-order valence-electron chi connectivity index (χ1n) is 12.2. The number of nitrogens with zero attached hydrogens (tertiary/aromatic N) is 3. The van der Waals surface area contributed by atoms with Crippen molar-refractivity contribution >= 4 is 28.8 Å². The molecule has 34 heavy (non-hydrogen) atoms. The Morgan fingerprint density at radius 3 is 2.59 bits per heavy atom. The Morgan fingerprint density at radius 2 is 1.94 bits per heavy atom. The molecule has 3 aromatic rings. The lowest BCUT2D eigenvalue weighted by Gasteiger charge is -2.34. The van der Waals surface area contributed by atoms with Crippen LogP contribution in [0.4, 0.5) is 5.69 Å². The summed E-state index contributed by atoms with van der Waals surface area (Å²) >= 11 is 1.56. The summed E-state index contributed by atoms with van der Waals surface area (Å²) in [7, 11) is 1.85. The van der Waals surface area contributed by atoms with Crippen LogP contribution in [0.5, 0.6) is 0 Å². The van der Waals surface area contributed by atoms with E-state index in [1.54, 1.807) is 20.9 Å². The van der Waals surface area contributed by atoms with Crippen LogP contribution < -0.4 is 10.2 Å². The van der Waals surface area contributed by atoms with Gasteiger partial charge in [-0.05, 0) is 49.3 Å². The lowest BCUT2D eigenvalue weighted by atomic mass is 9.94. The minimum atomic E-state index is -0.782. The van der Waals surface area contributed by atoms with Crippen molar-refractivity contribution in [3.8, 4) is 0 Å². The number of hydrogen-bond acceptors (Lipinski definition) is 4. The maximum absolute atomic E-state index is 14.0. The highest BCUT2D eigenvalue weighted by Crippen LogP contribution is 2.33. The molecular weight excluding hydrogens is 444 g/mol. The number of carbonyl (C=O) groups excluding carboxylic acids is 2. The number of aryl methyl sites for hydroxylation is 3. The Kier molecular flexibility index (Phi) is 7.83. The molecule has 1 aliphatic rings. The molecule has 6 nitrogen and oxygen atoms in total. The van der Waals surface area contributed by atoms with E-state index in [1.807, 2.05) is 61.9 Å². The van der Waals surface area contributed by atoms with Gasteiger partial charge in [-0.3, -0.25) is 19.2 Å². The van der Waals surface area contributed by atoms with Crippen LogP contribution in [0.3, 0.4) is 0 Å². The number of hydrogen-bond donors (Lipinski definition) is 1. The van der Waals surface area contributed by atoms with Crippen molar-refractivity contribution in [1.29, 1.82) is 0 Å². The molecule has 0 spiro atoms. The molecule has 7 heteroatoms. The molecule has 1 fully saturated rings. The van der Waals surface area contributed by atoms with Gasteiger partial charge in [0.2, 0.25) is 11.8 Å². The van der Waals surface area contributed by atoms with Gasteiger partial charge in [0.1, 0.15) is 6.04 Å². The Bertz CT molecular complexity index is 1120. The lowest BCUT2D eigenvalue weighted by molar-refractivity contribution is -0.127. The van der Waals surface area contributed by atoms with Gasteiger partial charge in [0.25, 0.3) is 0 Å². The third kappa shape index (κ3) is 5.41. The van der Waals surface area contributed by atoms with E-state index in [9.17, 15) is 9.59 Å². The number of nitrogens with one attached hydrogen (secondary N) is 1. The van der Waals surface area contributed by atoms with E-state index in [-0.39, 0.29) is 24.3 Å². The summed E-state index contributed by atoms with van der Waals surface area (Å²) in [6.07, 6.45) is 8.33. The molecule has 2 aromatic heterocycles. The Balaban J connectivity index is 1.79. The lowest BCUT2D eigenvalue weighted by Crippen LogP contribution is -2.48. The monoisotopic (exact) mass is 478 g/mol. The summed E-state index contributed by atoms with van der Waals surface area (Å²) in [5, 5.41) is 9.78. The standard InChI is InChI=1S/C27H34N4O2S/c1-4-20-11-8-9-15-24(20)31(25(32)17-22-14-10-16-34-22)26(23-18-30(3)29-19(23)2)27(33)28-21-12-6-5-7-13-21/h8-11,14-16,18,21,26H,4-7,12-13,17H2,1-3H3,(H,28,33). The molecule has 4 rings (SSSR count). The minimum absolute atomic E-state index is 0.0876. The van der Waals surface area contributed by atoms with E-state index in [4.69, 9.17) is 0 Å². The Morgan fingerprint density at radius 1 is 1.18 bits per heavy atom. The van der Waals surface area contributed by atoms with Gasteiger partial charge in [-0.1, -0.05) is 50.5 Å². The van der Waals surface area contributed by atoms with Crippen molar-refractivity contribution in [1.82, 2.24) is 15.1 Å². The van der Waals surface area contributed by atoms with Gasteiger partial charge in [-0.15, -0.1) is 11.3 Å². The maximum atomic E-state index is 14.0. The molecule has 180 valence electrons. The molecular formula is C27H34N4O2S. The van der Waals surface area contributed by atoms with E-state index < -0.39 is 6.04 Å². The smallest absolute Gasteiger partial charge is 0.248 e. The molecule has 1 atom stereocenters. The van der Waals surface area contributed by atoms with Gasteiger partial charge in [0.15, 0.2) is 0 Å². The van der Waals surface area contributed by atoms with Gasteiger partial charge >= 0.3 is 0 Å². The molecule has 0 saturated heterocycles. The fourth-order valence-corrected chi connectivity index (χ4v) is 5.62. The van der Waals surface area contributed by atoms with E-state index >= 15 is 0 Å². The van der Waals surface area contributed by atoms with Gasteiger partial charge in [-0.2, -0.15) is 5.10 Å². The van der Waals surface area contributed by atoms with Crippen molar-refractivity contribution in [2.24, 2.45) is 7.05 Å². The average molecular weight is 479 g/mol. The van der Waals surface area contributed by atoms with Crippen LogP contribution in [0.15, 0.2) is 48.0 Å². The first-order valence-corrected chi connectivity index (χ1v) is 13.1. The van der Waals surface area contributed by atoms with Crippen LogP contribution in [0.1, 0.15) is 66.8 Å². The highest BCUT2D eigenvalue weighted by molar-refractivity contribution is 7.10.